The fourth-order valence-electron chi connectivity index (χ4n) is 4.50. The molecule has 0 radical (unpaired) electrons. The van der Waals surface area contributed by atoms with Gasteiger partial charge in [0, 0.05) is 29.7 Å². The lowest BCUT2D eigenvalue weighted by molar-refractivity contribution is 0.0522. The second-order valence-corrected chi connectivity index (χ2v) is 8.99. The molecule has 27 heavy (non-hydrogen) atoms. The van der Waals surface area contributed by atoms with Crippen LogP contribution in [0.5, 0.6) is 0 Å². The smallest absolute Gasteiger partial charge is 0.351 e. The minimum absolute atomic E-state index is 0.0302. The molecule has 5 heteroatoms. The SMILES string of the molecule is CCOC(=O)c1cc2cc3c4c(c2oc1=O)C(C)(C)CCN4CCC3(C)C. The molecule has 5 nitrogen and oxygen atoms in total. The normalized spacial score (nSPS) is 19.7. The van der Waals surface area contributed by atoms with Crippen LogP contribution in [0.2, 0.25) is 0 Å². The summed E-state index contributed by atoms with van der Waals surface area (Å²) < 4.78 is 10.8. The maximum Gasteiger partial charge on any atom is 0.351 e. The lowest BCUT2D eigenvalue weighted by Gasteiger charge is -2.48. The second kappa shape index (κ2) is 5.85. The highest BCUT2D eigenvalue weighted by atomic mass is 16.5. The summed E-state index contributed by atoms with van der Waals surface area (Å²) in [6, 6.07) is 3.75. The van der Waals surface area contributed by atoms with Crippen LogP contribution >= 0.6 is 0 Å². The van der Waals surface area contributed by atoms with Gasteiger partial charge in [-0.05, 0) is 48.3 Å². The highest BCUT2D eigenvalue weighted by Crippen LogP contribution is 2.51. The number of hydrogen-bond donors (Lipinski definition) is 0. The Bertz CT molecular complexity index is 998. The second-order valence-electron chi connectivity index (χ2n) is 8.99. The Hall–Kier alpha value is -2.30. The van der Waals surface area contributed by atoms with Gasteiger partial charge in [0.2, 0.25) is 0 Å². The molecular formula is C22H27NO4. The van der Waals surface area contributed by atoms with Crippen molar-refractivity contribution in [3.8, 4) is 0 Å². The van der Waals surface area contributed by atoms with Crippen molar-refractivity contribution >= 4 is 22.6 Å². The van der Waals surface area contributed by atoms with Crippen molar-refractivity contribution in [1.29, 1.82) is 0 Å². The molecular weight excluding hydrogens is 342 g/mol. The first-order valence-electron chi connectivity index (χ1n) is 9.73. The molecule has 0 fully saturated rings. The molecule has 1 aromatic heterocycles. The van der Waals surface area contributed by atoms with Gasteiger partial charge in [-0.1, -0.05) is 27.7 Å². The number of carbonyl (C=O) groups excluding carboxylic acids is 1. The van der Waals surface area contributed by atoms with Gasteiger partial charge in [-0.3, -0.25) is 0 Å². The number of hydrogen-bond acceptors (Lipinski definition) is 5. The molecule has 0 saturated heterocycles. The number of esters is 1. The van der Waals surface area contributed by atoms with Crippen LogP contribution in [0.4, 0.5) is 5.69 Å². The maximum atomic E-state index is 12.5. The van der Waals surface area contributed by atoms with Crippen LogP contribution in [-0.2, 0) is 15.6 Å². The van der Waals surface area contributed by atoms with E-state index < -0.39 is 11.6 Å². The molecule has 0 unspecified atom stereocenters. The molecule has 1 aromatic carbocycles. The Morgan fingerprint density at radius 2 is 1.81 bits per heavy atom. The first-order valence-corrected chi connectivity index (χ1v) is 9.73. The van der Waals surface area contributed by atoms with Crippen LogP contribution in [0.15, 0.2) is 21.3 Å². The van der Waals surface area contributed by atoms with Crippen LogP contribution in [-0.4, -0.2) is 25.7 Å². The van der Waals surface area contributed by atoms with E-state index in [1.165, 1.54) is 11.3 Å². The van der Waals surface area contributed by atoms with E-state index in [4.69, 9.17) is 9.15 Å². The summed E-state index contributed by atoms with van der Waals surface area (Å²) in [6.07, 6.45) is 2.08. The predicted octanol–water partition coefficient (Wildman–Crippen LogP) is 4.14. The van der Waals surface area contributed by atoms with Gasteiger partial charge in [-0.25, -0.2) is 9.59 Å². The molecule has 0 aliphatic carbocycles. The van der Waals surface area contributed by atoms with Crippen molar-refractivity contribution in [2.45, 2.75) is 58.3 Å². The van der Waals surface area contributed by atoms with Crippen molar-refractivity contribution in [3.63, 3.8) is 0 Å². The van der Waals surface area contributed by atoms with Crippen molar-refractivity contribution in [3.05, 3.63) is 39.2 Å². The number of ether oxygens (including phenoxy) is 1. The lowest BCUT2D eigenvalue weighted by atomic mass is 9.69. The number of nitrogens with zero attached hydrogens (tertiary/aromatic N) is 1. The molecule has 0 amide bonds. The fourth-order valence-corrected chi connectivity index (χ4v) is 4.50. The highest BCUT2D eigenvalue weighted by Gasteiger charge is 2.42. The number of fused-ring (bicyclic) bond motifs is 2. The van der Waals surface area contributed by atoms with E-state index in [1.54, 1.807) is 13.0 Å². The monoisotopic (exact) mass is 369 g/mol. The zero-order valence-electron chi connectivity index (χ0n) is 16.8. The fraction of sp³-hybridized carbons (Fsp3) is 0.545. The molecule has 3 heterocycles. The molecule has 2 aromatic rings. The summed E-state index contributed by atoms with van der Waals surface area (Å²) in [6.45, 7) is 12.9. The minimum atomic E-state index is -0.625. The summed E-state index contributed by atoms with van der Waals surface area (Å²) in [5, 5.41) is 0.802. The Morgan fingerprint density at radius 1 is 1.15 bits per heavy atom. The summed E-state index contributed by atoms with van der Waals surface area (Å²) in [4.78, 5) is 27.2. The highest BCUT2D eigenvalue weighted by molar-refractivity contribution is 5.96. The van der Waals surface area contributed by atoms with E-state index in [2.05, 4.69) is 38.7 Å². The zero-order valence-corrected chi connectivity index (χ0v) is 16.8. The van der Waals surface area contributed by atoms with E-state index >= 15 is 0 Å². The third-order valence-electron chi connectivity index (χ3n) is 6.23. The van der Waals surface area contributed by atoms with Crippen molar-refractivity contribution in [1.82, 2.24) is 0 Å². The predicted molar refractivity (Wildman–Crippen MR) is 106 cm³/mol. The van der Waals surface area contributed by atoms with E-state index in [9.17, 15) is 9.59 Å². The van der Waals surface area contributed by atoms with E-state index in [-0.39, 0.29) is 23.0 Å². The van der Waals surface area contributed by atoms with E-state index in [0.29, 0.717) is 5.58 Å². The Labute approximate surface area is 159 Å². The molecule has 144 valence electrons. The average molecular weight is 369 g/mol. The first kappa shape index (κ1) is 18.1. The number of anilines is 1. The molecule has 0 bridgehead atoms. The Morgan fingerprint density at radius 3 is 2.48 bits per heavy atom. The summed E-state index contributed by atoms with van der Waals surface area (Å²) in [7, 11) is 0. The zero-order chi connectivity index (χ0) is 19.6. The third-order valence-corrected chi connectivity index (χ3v) is 6.23. The standard InChI is InChI=1S/C22H27NO4/c1-6-26-19(24)14-11-13-12-15-17-16(18(13)27-20(14)25)22(4,5)8-10-23(17)9-7-21(15,2)3/h11-12H,6-10H2,1-5H3. The molecule has 2 aliphatic heterocycles. The Kier molecular flexibility index (Phi) is 3.92. The topological polar surface area (TPSA) is 59.8 Å². The summed E-state index contributed by atoms with van der Waals surface area (Å²) in [5.74, 6) is -0.625. The summed E-state index contributed by atoms with van der Waals surface area (Å²) in [5.41, 5.74) is 3.48. The molecule has 0 N–H and O–H groups in total. The third kappa shape index (κ3) is 2.67. The first-order chi connectivity index (χ1) is 12.7. The van der Waals surface area contributed by atoms with Gasteiger partial charge >= 0.3 is 11.6 Å². The van der Waals surface area contributed by atoms with Crippen LogP contribution in [0.25, 0.3) is 11.0 Å². The van der Waals surface area contributed by atoms with Gasteiger partial charge in [0.1, 0.15) is 11.1 Å². The van der Waals surface area contributed by atoms with Crippen LogP contribution in [0.1, 0.15) is 68.9 Å². The molecule has 0 atom stereocenters. The lowest BCUT2D eigenvalue weighted by Crippen LogP contribution is -2.44. The van der Waals surface area contributed by atoms with Crippen LogP contribution in [0, 0.1) is 0 Å². The van der Waals surface area contributed by atoms with E-state index in [0.717, 1.165) is 36.9 Å². The molecule has 2 aliphatic rings. The van der Waals surface area contributed by atoms with Crippen LogP contribution in [0.3, 0.4) is 0 Å². The van der Waals surface area contributed by atoms with Gasteiger partial charge < -0.3 is 14.1 Å². The van der Waals surface area contributed by atoms with E-state index in [1.807, 2.05) is 0 Å². The Balaban J connectivity index is 2.08. The van der Waals surface area contributed by atoms with Crippen molar-refractivity contribution < 1.29 is 13.9 Å². The van der Waals surface area contributed by atoms with Crippen molar-refractivity contribution in [2.24, 2.45) is 0 Å². The van der Waals surface area contributed by atoms with Crippen LogP contribution < -0.4 is 10.5 Å². The van der Waals surface area contributed by atoms with Gasteiger partial charge in [0.25, 0.3) is 0 Å². The van der Waals surface area contributed by atoms with Gasteiger partial charge in [0.05, 0.1) is 6.61 Å². The minimum Gasteiger partial charge on any atom is -0.462 e. The summed E-state index contributed by atoms with van der Waals surface area (Å²) >= 11 is 0. The molecule has 4 rings (SSSR count). The average Bonchev–Trinajstić information content (AvgIpc) is 2.58. The molecule has 0 saturated carbocycles. The van der Waals surface area contributed by atoms with Gasteiger partial charge in [-0.2, -0.15) is 0 Å². The quantitative estimate of drug-likeness (QED) is 0.588. The number of carbonyl (C=O) groups is 1. The van der Waals surface area contributed by atoms with Gasteiger partial charge in [-0.15, -0.1) is 0 Å². The largest absolute Gasteiger partial charge is 0.462 e. The van der Waals surface area contributed by atoms with Crippen molar-refractivity contribution in [2.75, 3.05) is 24.6 Å². The molecule has 0 spiro atoms. The van der Waals surface area contributed by atoms with Gasteiger partial charge in [0.15, 0.2) is 0 Å². The maximum absolute atomic E-state index is 12.5. The number of benzene rings is 1. The number of rotatable bonds is 2.